The highest BCUT2D eigenvalue weighted by molar-refractivity contribution is 5.15. The highest BCUT2D eigenvalue weighted by atomic mass is 19.1. The van der Waals surface area contributed by atoms with E-state index in [9.17, 15) is 4.39 Å². The minimum absolute atomic E-state index is 0.0901. The van der Waals surface area contributed by atoms with Crippen molar-refractivity contribution in [1.29, 1.82) is 0 Å². The first-order valence-corrected chi connectivity index (χ1v) is 5.92. The lowest BCUT2D eigenvalue weighted by atomic mass is 10.2. The zero-order chi connectivity index (χ0) is 12.1. The largest absolute Gasteiger partial charge is 0.374 e. The Morgan fingerprint density at radius 2 is 2.35 bits per heavy atom. The second kappa shape index (κ2) is 6.10. The summed E-state index contributed by atoms with van der Waals surface area (Å²) in [6.07, 6.45) is 0.318. The summed E-state index contributed by atoms with van der Waals surface area (Å²) in [5, 5.41) is 3.28. The summed E-state index contributed by atoms with van der Waals surface area (Å²) in [4.78, 5) is 0. The van der Waals surface area contributed by atoms with Crippen molar-refractivity contribution in [2.45, 2.75) is 25.7 Å². The molecule has 2 atom stereocenters. The van der Waals surface area contributed by atoms with E-state index in [4.69, 9.17) is 9.47 Å². The van der Waals surface area contributed by atoms with Crippen LogP contribution in [0.4, 0.5) is 4.39 Å². The number of halogens is 1. The number of morpholine rings is 1. The molecule has 1 aliphatic rings. The fourth-order valence-corrected chi connectivity index (χ4v) is 1.91. The van der Waals surface area contributed by atoms with E-state index in [2.05, 4.69) is 5.32 Å². The fourth-order valence-electron chi connectivity index (χ4n) is 1.91. The van der Waals surface area contributed by atoms with Gasteiger partial charge in [0.2, 0.25) is 0 Å². The smallest absolute Gasteiger partial charge is 0.123 e. The summed E-state index contributed by atoms with van der Waals surface area (Å²) >= 11 is 0. The summed E-state index contributed by atoms with van der Waals surface area (Å²) in [6.45, 7) is 4.69. The molecule has 17 heavy (non-hydrogen) atoms. The predicted molar refractivity (Wildman–Crippen MR) is 63.3 cm³/mol. The van der Waals surface area contributed by atoms with E-state index in [0.717, 1.165) is 18.7 Å². The molecule has 3 nitrogen and oxygen atoms in total. The molecule has 1 aromatic carbocycles. The van der Waals surface area contributed by atoms with Crippen molar-refractivity contribution in [1.82, 2.24) is 5.32 Å². The Kier molecular flexibility index (Phi) is 4.48. The third-order valence-electron chi connectivity index (χ3n) is 2.69. The highest BCUT2D eigenvalue weighted by Gasteiger charge is 2.18. The quantitative estimate of drug-likeness (QED) is 0.867. The molecule has 0 aromatic heterocycles. The Morgan fingerprint density at radius 3 is 3.12 bits per heavy atom. The van der Waals surface area contributed by atoms with Gasteiger partial charge in [-0.2, -0.15) is 0 Å². The van der Waals surface area contributed by atoms with Crippen molar-refractivity contribution in [3.8, 4) is 0 Å². The zero-order valence-electron chi connectivity index (χ0n) is 9.99. The van der Waals surface area contributed by atoms with Crippen LogP contribution in [-0.2, 0) is 16.1 Å². The molecule has 0 aliphatic carbocycles. The molecular weight excluding hydrogens is 221 g/mol. The molecule has 0 radical (unpaired) electrons. The number of ether oxygens (including phenoxy) is 2. The van der Waals surface area contributed by atoms with E-state index in [1.807, 2.05) is 13.0 Å². The molecule has 1 aliphatic heterocycles. The Balaban J connectivity index is 1.72. The van der Waals surface area contributed by atoms with Crippen LogP contribution < -0.4 is 5.32 Å². The van der Waals surface area contributed by atoms with Crippen LogP contribution in [0.5, 0.6) is 0 Å². The van der Waals surface area contributed by atoms with E-state index in [0.29, 0.717) is 13.2 Å². The molecule has 0 spiro atoms. The normalized spacial score (nSPS) is 24.8. The highest BCUT2D eigenvalue weighted by Crippen LogP contribution is 2.07. The molecular formula is C13H18FNO2. The maximum absolute atomic E-state index is 12.9. The number of hydrogen-bond acceptors (Lipinski definition) is 3. The minimum atomic E-state index is -0.227. The van der Waals surface area contributed by atoms with Gasteiger partial charge in [-0.1, -0.05) is 12.1 Å². The minimum Gasteiger partial charge on any atom is -0.374 e. The van der Waals surface area contributed by atoms with E-state index in [-0.39, 0.29) is 18.0 Å². The fraction of sp³-hybridized carbons (Fsp3) is 0.538. The van der Waals surface area contributed by atoms with E-state index >= 15 is 0 Å². The average molecular weight is 239 g/mol. The van der Waals surface area contributed by atoms with Crippen molar-refractivity contribution in [2.75, 3.05) is 19.7 Å². The second-order valence-electron chi connectivity index (χ2n) is 4.37. The van der Waals surface area contributed by atoms with Gasteiger partial charge in [0.15, 0.2) is 0 Å². The number of benzene rings is 1. The van der Waals surface area contributed by atoms with Gasteiger partial charge < -0.3 is 14.8 Å². The van der Waals surface area contributed by atoms with Gasteiger partial charge in [0.1, 0.15) is 5.82 Å². The topological polar surface area (TPSA) is 30.5 Å². The van der Waals surface area contributed by atoms with Gasteiger partial charge in [-0.3, -0.25) is 0 Å². The molecule has 0 amide bonds. The van der Waals surface area contributed by atoms with Crippen LogP contribution in [0.15, 0.2) is 24.3 Å². The van der Waals surface area contributed by atoms with Crippen LogP contribution >= 0.6 is 0 Å². The maximum Gasteiger partial charge on any atom is 0.123 e. The van der Waals surface area contributed by atoms with Gasteiger partial charge in [0, 0.05) is 13.1 Å². The summed E-state index contributed by atoms with van der Waals surface area (Å²) in [5.74, 6) is -0.227. The van der Waals surface area contributed by atoms with E-state index < -0.39 is 0 Å². The van der Waals surface area contributed by atoms with Crippen LogP contribution in [0.3, 0.4) is 0 Å². The molecule has 1 heterocycles. The van der Waals surface area contributed by atoms with Gasteiger partial charge in [-0.15, -0.1) is 0 Å². The lowest BCUT2D eigenvalue weighted by Crippen LogP contribution is -2.45. The first-order valence-electron chi connectivity index (χ1n) is 5.92. The molecule has 1 aromatic rings. The summed E-state index contributed by atoms with van der Waals surface area (Å²) in [6, 6.07) is 6.46. The van der Waals surface area contributed by atoms with Gasteiger partial charge in [-0.05, 0) is 24.6 Å². The van der Waals surface area contributed by atoms with Crippen LogP contribution in [0.25, 0.3) is 0 Å². The lowest BCUT2D eigenvalue weighted by Gasteiger charge is -2.28. The molecule has 0 saturated carbocycles. The summed E-state index contributed by atoms with van der Waals surface area (Å²) in [5.41, 5.74) is 0.849. The van der Waals surface area contributed by atoms with Crippen LogP contribution in [0.2, 0.25) is 0 Å². The lowest BCUT2D eigenvalue weighted by molar-refractivity contribution is -0.0716. The molecule has 0 bridgehead atoms. The Morgan fingerprint density at radius 1 is 1.47 bits per heavy atom. The summed E-state index contributed by atoms with van der Waals surface area (Å²) < 4.78 is 24.1. The Labute approximate surface area is 101 Å². The number of hydrogen-bond donors (Lipinski definition) is 1. The molecule has 94 valence electrons. The average Bonchev–Trinajstić information content (AvgIpc) is 2.29. The van der Waals surface area contributed by atoms with Crippen molar-refractivity contribution in [3.63, 3.8) is 0 Å². The molecule has 1 fully saturated rings. The van der Waals surface area contributed by atoms with Crippen molar-refractivity contribution >= 4 is 0 Å². The van der Waals surface area contributed by atoms with Crippen LogP contribution in [0, 0.1) is 5.82 Å². The van der Waals surface area contributed by atoms with Crippen molar-refractivity contribution in [2.24, 2.45) is 0 Å². The molecule has 1 saturated heterocycles. The second-order valence-corrected chi connectivity index (χ2v) is 4.37. The third-order valence-corrected chi connectivity index (χ3v) is 2.69. The van der Waals surface area contributed by atoms with Gasteiger partial charge in [0.05, 0.1) is 25.4 Å². The Hall–Kier alpha value is -0.970. The van der Waals surface area contributed by atoms with Crippen LogP contribution in [0.1, 0.15) is 12.5 Å². The zero-order valence-corrected chi connectivity index (χ0v) is 9.99. The SMILES string of the molecule is CC1CNCC(COCc2cccc(F)c2)O1. The molecule has 2 rings (SSSR count). The van der Waals surface area contributed by atoms with Crippen LogP contribution in [-0.4, -0.2) is 31.9 Å². The number of nitrogens with one attached hydrogen (secondary N) is 1. The van der Waals surface area contributed by atoms with E-state index in [1.165, 1.54) is 12.1 Å². The van der Waals surface area contributed by atoms with E-state index in [1.54, 1.807) is 6.07 Å². The van der Waals surface area contributed by atoms with Gasteiger partial charge in [0.25, 0.3) is 0 Å². The number of rotatable bonds is 4. The van der Waals surface area contributed by atoms with Gasteiger partial charge in [-0.25, -0.2) is 4.39 Å². The van der Waals surface area contributed by atoms with Crippen molar-refractivity contribution in [3.05, 3.63) is 35.6 Å². The van der Waals surface area contributed by atoms with Gasteiger partial charge >= 0.3 is 0 Å². The molecule has 4 heteroatoms. The maximum atomic E-state index is 12.9. The summed E-state index contributed by atoms with van der Waals surface area (Å²) in [7, 11) is 0. The third kappa shape index (κ3) is 4.07. The monoisotopic (exact) mass is 239 g/mol. The molecule has 2 unspecified atom stereocenters. The molecule has 1 N–H and O–H groups in total. The first-order chi connectivity index (χ1) is 8.24. The first kappa shape index (κ1) is 12.5. The van der Waals surface area contributed by atoms with Crippen molar-refractivity contribution < 1.29 is 13.9 Å². The Bertz CT molecular complexity index is 359. The standard InChI is InChI=1S/C13H18FNO2/c1-10-6-15-7-13(17-10)9-16-8-11-3-2-4-12(14)5-11/h2-5,10,13,15H,6-9H2,1H3. The predicted octanol–water partition coefficient (Wildman–Crippen LogP) is 1.72.